The van der Waals surface area contributed by atoms with Crippen molar-refractivity contribution in [1.29, 1.82) is 0 Å². The molecule has 0 amide bonds. The van der Waals surface area contributed by atoms with Crippen molar-refractivity contribution < 1.29 is 31.1 Å². The maximum atomic E-state index is 12.8. The van der Waals surface area contributed by atoms with Gasteiger partial charge in [0.15, 0.2) is 6.29 Å². The largest absolute Gasteiger partial charge is 0.573 e. The summed E-state index contributed by atoms with van der Waals surface area (Å²) >= 11 is 0. The Labute approximate surface area is 140 Å². The van der Waals surface area contributed by atoms with Crippen LogP contribution in [0.25, 0.3) is 10.9 Å². The molecule has 0 atom stereocenters. The Morgan fingerprint density at radius 1 is 1.00 bits per heavy atom. The summed E-state index contributed by atoms with van der Waals surface area (Å²) < 4.78 is 66.7. The standard InChI is InChI=1S/C16H10F3NO4S/c17-16(18,19)24-12-5-7-13(8-6-12)25(22,23)20-9-11(10-21)14-3-1-2-4-15(14)20/h1-10H. The van der Waals surface area contributed by atoms with Crippen molar-refractivity contribution in [1.82, 2.24) is 3.97 Å². The molecule has 0 aliphatic rings. The van der Waals surface area contributed by atoms with Crippen LogP contribution < -0.4 is 4.74 Å². The van der Waals surface area contributed by atoms with Gasteiger partial charge in [0.05, 0.1) is 10.4 Å². The van der Waals surface area contributed by atoms with E-state index in [1.807, 2.05) is 0 Å². The third-order valence-corrected chi connectivity index (χ3v) is 5.14. The number of rotatable bonds is 4. The maximum absolute atomic E-state index is 12.8. The predicted molar refractivity (Wildman–Crippen MR) is 83.0 cm³/mol. The van der Waals surface area contributed by atoms with Crippen molar-refractivity contribution in [2.45, 2.75) is 11.3 Å². The van der Waals surface area contributed by atoms with Crippen LogP contribution >= 0.6 is 0 Å². The summed E-state index contributed by atoms with van der Waals surface area (Å²) in [6.07, 6.45) is -3.16. The van der Waals surface area contributed by atoms with Gasteiger partial charge in [-0.2, -0.15) is 0 Å². The average Bonchev–Trinajstić information content (AvgIpc) is 2.93. The van der Waals surface area contributed by atoms with E-state index in [0.29, 0.717) is 17.2 Å². The Bertz CT molecular complexity index is 1040. The first kappa shape index (κ1) is 17.0. The number of carbonyl (C=O) groups excluding carboxylic acids is 1. The summed E-state index contributed by atoms with van der Waals surface area (Å²) in [5, 5.41) is 0.457. The number of aldehydes is 1. The van der Waals surface area contributed by atoms with E-state index >= 15 is 0 Å². The van der Waals surface area contributed by atoms with Gasteiger partial charge in [0, 0.05) is 17.1 Å². The Morgan fingerprint density at radius 2 is 1.64 bits per heavy atom. The number of carbonyl (C=O) groups is 1. The summed E-state index contributed by atoms with van der Waals surface area (Å²) in [6.45, 7) is 0. The molecule has 3 aromatic rings. The third-order valence-electron chi connectivity index (χ3n) is 3.45. The molecule has 0 unspecified atom stereocenters. The number of para-hydroxylation sites is 1. The van der Waals surface area contributed by atoms with Crippen molar-refractivity contribution >= 4 is 27.2 Å². The second-order valence-corrected chi connectivity index (χ2v) is 6.85. The highest BCUT2D eigenvalue weighted by molar-refractivity contribution is 7.90. The van der Waals surface area contributed by atoms with Crippen molar-refractivity contribution in [3.8, 4) is 5.75 Å². The first-order valence-corrected chi connectivity index (χ1v) is 8.33. The number of nitrogens with zero attached hydrogens (tertiary/aromatic N) is 1. The topological polar surface area (TPSA) is 65.4 Å². The first-order chi connectivity index (χ1) is 11.7. The maximum Gasteiger partial charge on any atom is 0.573 e. The lowest BCUT2D eigenvalue weighted by Gasteiger charge is -2.10. The summed E-state index contributed by atoms with van der Waals surface area (Å²) in [6, 6.07) is 10.2. The molecular formula is C16H10F3NO4S. The van der Waals surface area contributed by atoms with Crippen molar-refractivity contribution in [3.05, 3.63) is 60.3 Å². The molecule has 0 saturated carbocycles. The summed E-state index contributed by atoms with van der Waals surface area (Å²) in [4.78, 5) is 10.9. The smallest absolute Gasteiger partial charge is 0.406 e. The van der Waals surface area contributed by atoms with Gasteiger partial charge < -0.3 is 4.74 Å². The molecule has 0 fully saturated rings. The lowest BCUT2D eigenvalue weighted by atomic mass is 10.2. The van der Waals surface area contributed by atoms with Crippen LogP contribution in [0.1, 0.15) is 10.4 Å². The van der Waals surface area contributed by atoms with Gasteiger partial charge in [-0.1, -0.05) is 18.2 Å². The molecule has 5 nitrogen and oxygen atoms in total. The van der Waals surface area contributed by atoms with Crippen LogP contribution in [0.3, 0.4) is 0 Å². The van der Waals surface area contributed by atoms with Gasteiger partial charge in [0.2, 0.25) is 0 Å². The Balaban J connectivity index is 2.07. The lowest BCUT2D eigenvalue weighted by Crippen LogP contribution is -2.17. The molecule has 9 heteroatoms. The molecule has 1 heterocycles. The van der Waals surface area contributed by atoms with Gasteiger partial charge >= 0.3 is 6.36 Å². The van der Waals surface area contributed by atoms with E-state index in [9.17, 15) is 26.4 Å². The normalized spacial score (nSPS) is 12.3. The number of fused-ring (bicyclic) bond motifs is 1. The van der Waals surface area contributed by atoms with E-state index < -0.39 is 22.1 Å². The van der Waals surface area contributed by atoms with Crippen molar-refractivity contribution in [3.63, 3.8) is 0 Å². The van der Waals surface area contributed by atoms with Crippen LogP contribution in [-0.2, 0) is 10.0 Å². The molecule has 1 aromatic heterocycles. The van der Waals surface area contributed by atoms with Crippen molar-refractivity contribution in [2.24, 2.45) is 0 Å². The van der Waals surface area contributed by atoms with Gasteiger partial charge in [-0.05, 0) is 30.3 Å². The highest BCUT2D eigenvalue weighted by Crippen LogP contribution is 2.27. The number of halogens is 3. The molecule has 0 saturated heterocycles. The number of hydrogen-bond donors (Lipinski definition) is 0. The van der Waals surface area contributed by atoms with E-state index in [2.05, 4.69) is 4.74 Å². The fraction of sp³-hybridized carbons (Fsp3) is 0.0625. The van der Waals surface area contributed by atoms with Crippen LogP contribution in [0.5, 0.6) is 5.75 Å². The number of aromatic nitrogens is 1. The molecule has 2 aromatic carbocycles. The fourth-order valence-electron chi connectivity index (χ4n) is 2.39. The molecule has 3 rings (SSSR count). The van der Waals surface area contributed by atoms with Gasteiger partial charge in [0.1, 0.15) is 5.75 Å². The van der Waals surface area contributed by atoms with Gasteiger partial charge in [-0.3, -0.25) is 4.79 Å². The van der Waals surface area contributed by atoms with Crippen LogP contribution in [0, 0.1) is 0 Å². The Kier molecular flexibility index (Phi) is 4.03. The van der Waals surface area contributed by atoms with Gasteiger partial charge in [0.25, 0.3) is 10.0 Å². The zero-order chi connectivity index (χ0) is 18.2. The Morgan fingerprint density at radius 3 is 2.24 bits per heavy atom. The minimum absolute atomic E-state index is 0.191. The quantitative estimate of drug-likeness (QED) is 0.660. The molecule has 25 heavy (non-hydrogen) atoms. The van der Waals surface area contributed by atoms with E-state index in [1.165, 1.54) is 12.3 Å². The zero-order valence-corrected chi connectivity index (χ0v) is 13.2. The van der Waals surface area contributed by atoms with Gasteiger partial charge in [-0.15, -0.1) is 13.2 Å². The third kappa shape index (κ3) is 3.22. The molecule has 0 aliphatic heterocycles. The Hall–Kier alpha value is -2.81. The van der Waals surface area contributed by atoms with Crippen LogP contribution in [0.15, 0.2) is 59.6 Å². The monoisotopic (exact) mass is 369 g/mol. The second-order valence-electron chi connectivity index (χ2n) is 5.04. The number of alkyl halides is 3. The molecule has 0 bridgehead atoms. The second kappa shape index (κ2) is 5.92. The highest BCUT2D eigenvalue weighted by Gasteiger charge is 2.31. The molecule has 130 valence electrons. The highest BCUT2D eigenvalue weighted by atomic mass is 32.2. The van der Waals surface area contributed by atoms with Crippen LogP contribution in [-0.4, -0.2) is 25.0 Å². The van der Waals surface area contributed by atoms with E-state index in [-0.39, 0.29) is 10.5 Å². The average molecular weight is 369 g/mol. The molecule has 0 aliphatic carbocycles. The predicted octanol–water partition coefficient (Wildman–Crippen LogP) is 3.59. The lowest BCUT2D eigenvalue weighted by molar-refractivity contribution is -0.274. The zero-order valence-electron chi connectivity index (χ0n) is 12.4. The van der Waals surface area contributed by atoms with E-state index in [0.717, 1.165) is 28.2 Å². The molecular weight excluding hydrogens is 359 g/mol. The fourth-order valence-corrected chi connectivity index (χ4v) is 3.77. The van der Waals surface area contributed by atoms with Crippen molar-refractivity contribution in [2.75, 3.05) is 0 Å². The number of hydrogen-bond acceptors (Lipinski definition) is 4. The number of benzene rings is 2. The van der Waals surface area contributed by atoms with E-state index in [1.54, 1.807) is 18.2 Å². The van der Waals surface area contributed by atoms with Crippen LogP contribution in [0.2, 0.25) is 0 Å². The number of ether oxygens (including phenoxy) is 1. The molecule has 0 spiro atoms. The summed E-state index contributed by atoms with van der Waals surface area (Å²) in [5.41, 5.74) is 0.483. The minimum Gasteiger partial charge on any atom is -0.406 e. The first-order valence-electron chi connectivity index (χ1n) is 6.89. The van der Waals surface area contributed by atoms with Gasteiger partial charge in [-0.25, -0.2) is 12.4 Å². The molecule has 0 radical (unpaired) electrons. The molecule has 0 N–H and O–H groups in total. The summed E-state index contributed by atoms with van der Waals surface area (Å²) in [5.74, 6) is -0.530. The summed E-state index contributed by atoms with van der Waals surface area (Å²) in [7, 11) is -4.09. The van der Waals surface area contributed by atoms with Crippen LogP contribution in [0.4, 0.5) is 13.2 Å². The van der Waals surface area contributed by atoms with E-state index in [4.69, 9.17) is 0 Å². The SMILES string of the molecule is O=Cc1cn(S(=O)(=O)c2ccc(OC(F)(F)F)cc2)c2ccccc12. The minimum atomic E-state index is -4.87.